The second-order valence-corrected chi connectivity index (χ2v) is 7.76. The van der Waals surface area contributed by atoms with Crippen LogP contribution in [0.1, 0.15) is 45.2 Å². The predicted octanol–water partition coefficient (Wildman–Crippen LogP) is 3.83. The third-order valence-electron chi connectivity index (χ3n) is 3.92. The number of ether oxygens (including phenoxy) is 3. The number of rotatable bonds is 7. The van der Waals surface area contributed by atoms with Crippen LogP contribution in [0.5, 0.6) is 0 Å². The molecule has 0 aromatic heterocycles. The molecule has 1 aromatic rings. The first kappa shape index (κ1) is 21.8. The third kappa shape index (κ3) is 7.28. The standard InChI is InChI=1S/C20H28N2O6/c1-14(21-19(23)28-20(2,3)4)12-27-13-15-9-17(11-18(10-15)22(24)25)16-5-7-26-8-6-16/h5,9-11,14H,6-8,12-13H2,1-4H3,(H,21,23)/t14-/m1/s1. The number of hydrogen-bond acceptors (Lipinski definition) is 6. The molecular weight excluding hydrogens is 364 g/mol. The number of alkyl carbamates (subject to hydrolysis) is 1. The summed E-state index contributed by atoms with van der Waals surface area (Å²) in [6.45, 7) is 8.76. The fraction of sp³-hybridized carbons (Fsp3) is 0.550. The monoisotopic (exact) mass is 392 g/mol. The average Bonchev–Trinajstić information content (AvgIpc) is 2.60. The topological polar surface area (TPSA) is 99.9 Å². The summed E-state index contributed by atoms with van der Waals surface area (Å²) in [4.78, 5) is 22.6. The average molecular weight is 392 g/mol. The van der Waals surface area contributed by atoms with Gasteiger partial charge in [-0.15, -0.1) is 0 Å². The number of carbonyl (C=O) groups excluding carboxylic acids is 1. The quantitative estimate of drug-likeness (QED) is 0.559. The van der Waals surface area contributed by atoms with Crippen LogP contribution < -0.4 is 5.32 Å². The highest BCUT2D eigenvalue weighted by Gasteiger charge is 2.18. The zero-order valence-electron chi connectivity index (χ0n) is 16.8. The first-order chi connectivity index (χ1) is 13.1. The van der Waals surface area contributed by atoms with Gasteiger partial charge in [-0.05, 0) is 56.9 Å². The molecule has 1 amide bonds. The van der Waals surface area contributed by atoms with E-state index in [0.717, 1.165) is 17.6 Å². The van der Waals surface area contributed by atoms with Crippen molar-refractivity contribution in [2.24, 2.45) is 0 Å². The van der Waals surface area contributed by atoms with Crippen LogP contribution in [-0.2, 0) is 20.8 Å². The van der Waals surface area contributed by atoms with E-state index in [4.69, 9.17) is 14.2 Å². The van der Waals surface area contributed by atoms with Crippen molar-refractivity contribution >= 4 is 17.4 Å². The van der Waals surface area contributed by atoms with Crippen LogP contribution in [0.25, 0.3) is 5.57 Å². The van der Waals surface area contributed by atoms with E-state index in [1.54, 1.807) is 33.8 Å². The maximum absolute atomic E-state index is 11.8. The lowest BCUT2D eigenvalue weighted by Gasteiger charge is -2.22. The molecule has 0 spiro atoms. The van der Waals surface area contributed by atoms with E-state index < -0.39 is 16.6 Å². The summed E-state index contributed by atoms with van der Waals surface area (Å²) in [7, 11) is 0. The predicted molar refractivity (Wildman–Crippen MR) is 105 cm³/mol. The Kier molecular flexibility index (Phi) is 7.53. The van der Waals surface area contributed by atoms with Crippen molar-refractivity contribution in [2.45, 2.75) is 52.4 Å². The molecule has 1 atom stereocenters. The minimum Gasteiger partial charge on any atom is -0.444 e. The molecule has 0 saturated heterocycles. The molecule has 28 heavy (non-hydrogen) atoms. The number of carbonyl (C=O) groups is 1. The highest BCUT2D eigenvalue weighted by atomic mass is 16.6. The van der Waals surface area contributed by atoms with Crippen LogP contribution in [0.2, 0.25) is 0 Å². The van der Waals surface area contributed by atoms with Gasteiger partial charge in [0.15, 0.2) is 0 Å². The molecule has 0 radical (unpaired) electrons. The number of non-ortho nitro benzene ring substituents is 1. The number of hydrogen-bond donors (Lipinski definition) is 1. The van der Waals surface area contributed by atoms with E-state index in [2.05, 4.69) is 5.32 Å². The zero-order chi connectivity index (χ0) is 20.7. The molecule has 154 valence electrons. The van der Waals surface area contributed by atoms with E-state index in [1.807, 2.05) is 12.1 Å². The van der Waals surface area contributed by atoms with Crippen molar-refractivity contribution in [2.75, 3.05) is 19.8 Å². The lowest BCUT2D eigenvalue weighted by molar-refractivity contribution is -0.385. The van der Waals surface area contributed by atoms with Crippen LogP contribution in [0.15, 0.2) is 24.3 Å². The van der Waals surface area contributed by atoms with Crippen LogP contribution in [-0.4, -0.2) is 42.5 Å². The van der Waals surface area contributed by atoms with Gasteiger partial charge < -0.3 is 19.5 Å². The molecule has 0 saturated carbocycles. The van der Waals surface area contributed by atoms with Gasteiger partial charge >= 0.3 is 6.09 Å². The Morgan fingerprint density at radius 2 is 2.11 bits per heavy atom. The lowest BCUT2D eigenvalue weighted by Crippen LogP contribution is -2.39. The third-order valence-corrected chi connectivity index (χ3v) is 3.92. The summed E-state index contributed by atoms with van der Waals surface area (Å²) in [6.07, 6.45) is 2.16. The minimum absolute atomic E-state index is 0.0309. The summed E-state index contributed by atoms with van der Waals surface area (Å²) < 4.78 is 16.2. The number of nitro benzene ring substituents is 1. The Morgan fingerprint density at radius 3 is 2.71 bits per heavy atom. The van der Waals surface area contributed by atoms with Crippen LogP contribution in [0.4, 0.5) is 10.5 Å². The maximum atomic E-state index is 11.8. The van der Waals surface area contributed by atoms with Crippen molar-refractivity contribution < 1.29 is 23.9 Å². The fourth-order valence-electron chi connectivity index (χ4n) is 2.74. The summed E-state index contributed by atoms with van der Waals surface area (Å²) in [6, 6.07) is 4.73. The Hall–Kier alpha value is -2.45. The Balaban J connectivity index is 1.96. The van der Waals surface area contributed by atoms with Crippen LogP contribution in [0, 0.1) is 10.1 Å². The fourth-order valence-corrected chi connectivity index (χ4v) is 2.74. The number of nitro groups is 1. The van der Waals surface area contributed by atoms with Gasteiger partial charge in [0.1, 0.15) is 5.60 Å². The van der Waals surface area contributed by atoms with Gasteiger partial charge in [0.2, 0.25) is 0 Å². The Morgan fingerprint density at radius 1 is 1.36 bits per heavy atom. The summed E-state index contributed by atoms with van der Waals surface area (Å²) in [5.74, 6) is 0. The molecule has 1 heterocycles. The second-order valence-electron chi connectivity index (χ2n) is 7.76. The van der Waals surface area contributed by atoms with Crippen molar-refractivity contribution in [1.82, 2.24) is 5.32 Å². The first-order valence-electron chi connectivity index (χ1n) is 9.27. The highest BCUT2D eigenvalue weighted by molar-refractivity contribution is 5.69. The SMILES string of the molecule is C[C@H](COCc1cc(C2=CCOCC2)cc([N+](=O)[O-])c1)NC(=O)OC(C)(C)C. The van der Waals surface area contributed by atoms with Crippen molar-refractivity contribution in [3.05, 3.63) is 45.5 Å². The van der Waals surface area contributed by atoms with Gasteiger partial charge in [0.05, 0.1) is 37.4 Å². The second kappa shape index (κ2) is 9.66. The molecule has 1 aromatic carbocycles. The smallest absolute Gasteiger partial charge is 0.407 e. The van der Waals surface area contributed by atoms with E-state index in [1.165, 1.54) is 6.07 Å². The first-order valence-corrected chi connectivity index (χ1v) is 9.27. The molecule has 0 fully saturated rings. The number of nitrogens with zero attached hydrogens (tertiary/aromatic N) is 1. The van der Waals surface area contributed by atoms with Gasteiger partial charge in [0, 0.05) is 12.1 Å². The molecular formula is C20H28N2O6. The molecule has 1 N–H and O–H groups in total. The Bertz CT molecular complexity index is 739. The van der Waals surface area contributed by atoms with Crippen molar-refractivity contribution in [1.29, 1.82) is 0 Å². The van der Waals surface area contributed by atoms with E-state index in [-0.39, 0.29) is 24.9 Å². The molecule has 0 aliphatic carbocycles. The van der Waals surface area contributed by atoms with Gasteiger partial charge in [-0.3, -0.25) is 10.1 Å². The van der Waals surface area contributed by atoms with Gasteiger partial charge in [0.25, 0.3) is 5.69 Å². The van der Waals surface area contributed by atoms with Gasteiger partial charge in [-0.25, -0.2) is 4.79 Å². The molecule has 2 rings (SSSR count). The lowest BCUT2D eigenvalue weighted by atomic mass is 9.99. The zero-order valence-corrected chi connectivity index (χ0v) is 16.8. The molecule has 8 heteroatoms. The number of nitrogens with one attached hydrogen (secondary N) is 1. The molecule has 0 unspecified atom stereocenters. The van der Waals surface area contributed by atoms with Gasteiger partial charge in [-0.2, -0.15) is 0 Å². The largest absolute Gasteiger partial charge is 0.444 e. The molecule has 1 aliphatic heterocycles. The van der Waals surface area contributed by atoms with E-state index in [9.17, 15) is 14.9 Å². The number of benzene rings is 1. The number of amides is 1. The summed E-state index contributed by atoms with van der Waals surface area (Å²) in [5, 5.41) is 14.0. The van der Waals surface area contributed by atoms with Gasteiger partial charge in [-0.1, -0.05) is 6.08 Å². The molecule has 1 aliphatic rings. The van der Waals surface area contributed by atoms with Crippen LogP contribution in [0.3, 0.4) is 0 Å². The van der Waals surface area contributed by atoms with E-state index >= 15 is 0 Å². The Labute approximate surface area is 165 Å². The normalized spacial score (nSPS) is 15.5. The van der Waals surface area contributed by atoms with Crippen molar-refractivity contribution in [3.63, 3.8) is 0 Å². The molecule has 0 bridgehead atoms. The van der Waals surface area contributed by atoms with E-state index in [0.29, 0.717) is 18.8 Å². The minimum atomic E-state index is -0.567. The van der Waals surface area contributed by atoms with Crippen LogP contribution >= 0.6 is 0 Å². The van der Waals surface area contributed by atoms with Crippen molar-refractivity contribution in [3.8, 4) is 0 Å². The molecule has 8 nitrogen and oxygen atoms in total. The summed E-state index contributed by atoms with van der Waals surface area (Å²) in [5.41, 5.74) is 2.03. The highest BCUT2D eigenvalue weighted by Crippen LogP contribution is 2.27. The summed E-state index contributed by atoms with van der Waals surface area (Å²) >= 11 is 0. The maximum Gasteiger partial charge on any atom is 0.407 e.